The predicted molar refractivity (Wildman–Crippen MR) is 321 cm³/mol. The highest BCUT2D eigenvalue weighted by molar-refractivity contribution is 6.08. The van der Waals surface area contributed by atoms with E-state index in [4.69, 9.17) is 52.1 Å². The zero-order valence-corrected chi connectivity index (χ0v) is 53.6. The molecule has 3 unspecified atom stereocenters. The van der Waals surface area contributed by atoms with Crippen LogP contribution in [-0.2, 0) is 68.7 Å². The highest BCUT2D eigenvalue weighted by Gasteiger charge is 2.49. The van der Waals surface area contributed by atoms with E-state index in [1.807, 2.05) is 34.6 Å². The van der Waals surface area contributed by atoms with Crippen molar-refractivity contribution >= 4 is 58.1 Å². The van der Waals surface area contributed by atoms with Gasteiger partial charge < -0.3 is 67.4 Å². The molecule has 0 bridgehead atoms. The van der Waals surface area contributed by atoms with E-state index in [2.05, 4.69) is 35.2 Å². The molecule has 3 aliphatic rings. The second-order valence-electron chi connectivity index (χ2n) is 22.7. The molecule has 34 nitrogen and oxygen atoms in total. The summed E-state index contributed by atoms with van der Waals surface area (Å²) in [5.41, 5.74) is -4.23. The Morgan fingerprint density at radius 2 is 1.01 bits per heavy atom. The number of aliphatic hydroxyl groups is 3. The van der Waals surface area contributed by atoms with Crippen LogP contribution in [-0.4, -0.2) is 213 Å². The molecule has 3 aliphatic heterocycles. The lowest BCUT2D eigenvalue weighted by molar-refractivity contribution is -0.125. The summed E-state index contributed by atoms with van der Waals surface area (Å²) in [6.45, 7) is 25.6. The van der Waals surface area contributed by atoms with Gasteiger partial charge in [-0.05, 0) is 83.1 Å². The topological polar surface area (TPSA) is 417 Å². The number of imidazole rings is 2. The number of aromatic nitrogens is 10. The summed E-state index contributed by atoms with van der Waals surface area (Å²) in [5, 5.41) is 34.7. The van der Waals surface area contributed by atoms with Crippen LogP contribution >= 0.6 is 0 Å². The van der Waals surface area contributed by atoms with E-state index in [0.717, 1.165) is 4.57 Å². The van der Waals surface area contributed by atoms with Crippen molar-refractivity contribution in [3.05, 3.63) is 66.5 Å². The van der Waals surface area contributed by atoms with E-state index in [0.29, 0.717) is 44.5 Å². The number of imide groups is 1. The first-order chi connectivity index (χ1) is 43.1. The van der Waals surface area contributed by atoms with E-state index in [1.54, 1.807) is 55.4 Å². The van der Waals surface area contributed by atoms with Gasteiger partial charge >= 0.3 is 17.9 Å². The normalized spacial score (nSPS) is 24.0. The van der Waals surface area contributed by atoms with Crippen molar-refractivity contribution in [2.45, 2.75) is 188 Å². The average Bonchev–Trinajstić information content (AvgIpc) is 1.68. The summed E-state index contributed by atoms with van der Waals surface area (Å²) in [4.78, 5) is 121. The molecule has 5 aromatic rings. The number of fused-ring (bicyclic) bond motifs is 2. The second kappa shape index (κ2) is 32.4. The lowest BCUT2D eigenvalue weighted by Crippen LogP contribution is -2.45. The number of carbonyl (C=O) groups excluding carboxylic acids is 4. The summed E-state index contributed by atoms with van der Waals surface area (Å²) in [6, 6.07) is 1.25. The van der Waals surface area contributed by atoms with Crippen LogP contribution in [0.25, 0.3) is 22.3 Å². The molecule has 5 aromatic heterocycles. The number of nitrogens with zero attached hydrogens (tertiary/aromatic N) is 9. The Kier molecular flexibility index (Phi) is 25.9. The Bertz CT molecular complexity index is 3470. The Morgan fingerprint density at radius 3 is 1.41 bits per heavy atom. The molecule has 8 heterocycles. The highest BCUT2D eigenvalue weighted by Crippen LogP contribution is 2.36. The molecule has 3 saturated heterocycles. The second-order valence-corrected chi connectivity index (χ2v) is 22.7. The summed E-state index contributed by atoms with van der Waals surface area (Å²) in [7, 11) is 1.38. The van der Waals surface area contributed by atoms with Crippen LogP contribution in [0, 0.1) is 0 Å². The van der Waals surface area contributed by atoms with Gasteiger partial charge in [-0.25, -0.2) is 24.4 Å². The molecule has 0 aliphatic carbocycles. The fourth-order valence-electron chi connectivity index (χ4n) is 9.65. The largest absolute Gasteiger partial charge is 0.443 e. The first-order valence-electron chi connectivity index (χ1n) is 29.9. The van der Waals surface area contributed by atoms with Crippen molar-refractivity contribution in [2.24, 2.45) is 7.05 Å². The molecule has 0 radical (unpaired) electrons. The minimum Gasteiger partial charge on any atom is -0.443 e. The Hall–Kier alpha value is -7.22. The summed E-state index contributed by atoms with van der Waals surface area (Å²) in [5.74, 6) is -1.41. The first kappa shape index (κ1) is 72.8. The van der Waals surface area contributed by atoms with Gasteiger partial charge in [0, 0.05) is 65.4 Å². The SMILES string of the molecule is CCOC[C@H]1O[C@@H](n2ccc(=O)n(C)c2=O)C(O)[C@H]1OCC.CCOC[C@H]1O[C@@H](n2cnc3c(=O)[nH]c(N(C(=O)OC(C)(C)C)C(=O)OC(C)(C)C)nc32)C(O)[C@H]1OCC.CCOC[C@H]1O[C@@H](n2cnc3c(=O)[nH]c(NC(=O)CC(=O)CC)nc32)C(O)[C@H]1OCC. The molecule has 0 aromatic carbocycles. The van der Waals surface area contributed by atoms with Crippen LogP contribution in [0.5, 0.6) is 0 Å². The van der Waals surface area contributed by atoms with Gasteiger partial charge in [-0.1, -0.05) is 6.92 Å². The van der Waals surface area contributed by atoms with Crippen LogP contribution in [0.15, 0.2) is 44.1 Å². The third-order valence-electron chi connectivity index (χ3n) is 13.7. The molecule has 3 fully saturated rings. The molecule has 6 N–H and O–H groups in total. The van der Waals surface area contributed by atoms with Crippen molar-refractivity contribution in [1.29, 1.82) is 0 Å². The van der Waals surface area contributed by atoms with Crippen molar-refractivity contribution < 1.29 is 86.6 Å². The fraction of sp³-hybridized carbons (Fsp3) is 0.684. The average molecular weight is 1290 g/mol. The number of rotatable bonds is 23. The van der Waals surface area contributed by atoms with Crippen molar-refractivity contribution in [3.8, 4) is 0 Å². The summed E-state index contributed by atoms with van der Waals surface area (Å²) in [6.07, 6.45) is -8.06. The fourth-order valence-corrected chi connectivity index (χ4v) is 9.65. The number of aliphatic hydroxyl groups excluding tert-OH is 3. The molecule has 34 heteroatoms. The number of Topliss-reactive ketones (excluding diaryl/α,β-unsaturated/α-hetero) is 1. The third kappa shape index (κ3) is 18.1. The van der Waals surface area contributed by atoms with Crippen LogP contribution in [0.4, 0.5) is 21.5 Å². The number of amides is 3. The van der Waals surface area contributed by atoms with Crippen molar-refractivity contribution in [3.63, 3.8) is 0 Å². The highest BCUT2D eigenvalue weighted by atomic mass is 16.6. The summed E-state index contributed by atoms with van der Waals surface area (Å²) >= 11 is 0. The zero-order valence-electron chi connectivity index (χ0n) is 53.6. The van der Waals surface area contributed by atoms with Crippen LogP contribution in [0.1, 0.15) is 122 Å². The van der Waals surface area contributed by atoms with Gasteiger partial charge in [-0.3, -0.25) is 57.5 Å². The predicted octanol–water partition coefficient (Wildman–Crippen LogP) is 1.87. The van der Waals surface area contributed by atoms with E-state index in [1.165, 1.54) is 45.7 Å². The molecule has 0 saturated carbocycles. The molecule has 12 atom stereocenters. The number of anilines is 2. The number of aromatic amines is 2. The zero-order chi connectivity index (χ0) is 67.2. The van der Waals surface area contributed by atoms with Crippen molar-refractivity contribution in [1.82, 2.24) is 48.2 Å². The van der Waals surface area contributed by atoms with Gasteiger partial charge in [-0.15, -0.1) is 4.90 Å². The van der Waals surface area contributed by atoms with Gasteiger partial charge in [0.05, 0.1) is 38.9 Å². The lowest BCUT2D eigenvalue weighted by atomic mass is 10.1. The Labute approximate surface area is 522 Å². The lowest BCUT2D eigenvalue weighted by Gasteiger charge is -2.27. The van der Waals surface area contributed by atoms with Gasteiger partial charge in [0.15, 0.2) is 41.0 Å². The Balaban J connectivity index is 0.000000225. The number of ketones is 1. The third-order valence-corrected chi connectivity index (χ3v) is 13.7. The molecule has 91 heavy (non-hydrogen) atoms. The van der Waals surface area contributed by atoms with E-state index in [-0.39, 0.29) is 66.7 Å². The van der Waals surface area contributed by atoms with Crippen LogP contribution in [0.3, 0.4) is 0 Å². The monoisotopic (exact) mass is 1290 g/mol. The maximum absolute atomic E-state index is 13.0. The maximum Gasteiger partial charge on any atom is 0.427 e. The first-order valence-corrected chi connectivity index (χ1v) is 29.9. The van der Waals surface area contributed by atoms with E-state index in [9.17, 15) is 53.7 Å². The summed E-state index contributed by atoms with van der Waals surface area (Å²) < 4.78 is 66.5. The molecule has 506 valence electrons. The van der Waals surface area contributed by atoms with Gasteiger partial charge in [0.2, 0.25) is 17.8 Å². The van der Waals surface area contributed by atoms with Gasteiger partial charge in [-0.2, -0.15) is 9.97 Å². The quantitative estimate of drug-likeness (QED) is 0.0508. The Morgan fingerprint density at radius 1 is 0.604 bits per heavy atom. The molecular weight excluding hydrogens is 1200 g/mol. The van der Waals surface area contributed by atoms with E-state index >= 15 is 0 Å². The minimum absolute atomic E-state index is 0.0136. The van der Waals surface area contributed by atoms with Gasteiger partial charge in [0.25, 0.3) is 16.7 Å². The number of carbonyl (C=O) groups is 4. The molecular formula is C57H86N12O22. The molecule has 8 rings (SSSR count). The number of ether oxygens (including phenoxy) is 11. The molecule has 0 spiro atoms. The standard InChI is InChI=1S/C24H37N5O9.C19H27N5O7.C14H22N2O6/c1-9-34-11-13-16(35-10-2)15(30)19(36-13)28-12-25-14-17(28)26-20(27-18(14)31)29(21(32)37-23(3,4)5)22(33)38-24(6,7)8;1-4-10(25)7-12(26)21-19-22-16-13(17(28)23-19)20-9-24(16)18-14(27)15(30-6-3)11(31-18)8-29-5-2;1-4-20-8-9-12(21-5-2)11(18)13(22-9)16-7-6-10(17)15(3)14(16)19/h12-13,15-16,19,30H,9-11H2,1-8H3,(H,26,27,31);9,11,14-15,18,27H,4-8H2,1-3H3,(H2,21,22,23,26,28);6-7,9,11-13,18H,4-5,8H2,1-3H3/t13-,15?,16+,19-;11-,14?,15+,18-;9-,11?,12+,13-/m111/s1. The minimum atomic E-state index is -1.16. The van der Waals surface area contributed by atoms with Crippen LogP contribution < -0.4 is 32.6 Å². The van der Waals surface area contributed by atoms with Crippen molar-refractivity contribution in [2.75, 3.05) is 69.7 Å². The number of hydrogen-bond acceptors (Lipinski definition) is 26. The molecule has 3 amide bonds. The maximum atomic E-state index is 13.0. The number of nitrogens with one attached hydrogen (secondary N) is 3. The smallest absolute Gasteiger partial charge is 0.427 e. The van der Waals surface area contributed by atoms with Crippen LogP contribution in [0.2, 0.25) is 0 Å². The van der Waals surface area contributed by atoms with Gasteiger partial charge in [0.1, 0.15) is 71.9 Å². The number of hydrogen-bond donors (Lipinski definition) is 6. The van der Waals surface area contributed by atoms with E-state index < -0.39 is 131 Å². The number of H-pyrrole nitrogens is 2.